The second-order valence-electron chi connectivity index (χ2n) is 5.51. The van der Waals surface area contributed by atoms with E-state index in [1.807, 2.05) is 17.8 Å². The Labute approximate surface area is 118 Å². The van der Waals surface area contributed by atoms with E-state index in [4.69, 9.17) is 10.3 Å². The predicted molar refractivity (Wildman–Crippen MR) is 76.9 cm³/mol. The van der Waals surface area contributed by atoms with Crippen LogP contribution in [0.1, 0.15) is 56.2 Å². The predicted octanol–water partition coefficient (Wildman–Crippen LogP) is 3.01. The van der Waals surface area contributed by atoms with Crippen LogP contribution in [0.5, 0.6) is 0 Å². The minimum atomic E-state index is 0.136. The van der Waals surface area contributed by atoms with Crippen LogP contribution < -0.4 is 5.73 Å². The number of thioether (sulfide) groups is 1. The molecule has 0 aliphatic heterocycles. The molecular formula is C14H21N3OS. The van der Waals surface area contributed by atoms with Gasteiger partial charge in [0.25, 0.3) is 0 Å². The van der Waals surface area contributed by atoms with E-state index in [9.17, 15) is 0 Å². The molecule has 0 aromatic carbocycles. The van der Waals surface area contributed by atoms with Gasteiger partial charge in [0.1, 0.15) is 0 Å². The minimum absolute atomic E-state index is 0.136. The van der Waals surface area contributed by atoms with E-state index in [0.29, 0.717) is 0 Å². The lowest BCUT2D eigenvalue weighted by Gasteiger charge is -2.19. The molecule has 2 aliphatic carbocycles. The molecule has 0 saturated heterocycles. The van der Waals surface area contributed by atoms with Gasteiger partial charge >= 0.3 is 0 Å². The fourth-order valence-corrected chi connectivity index (χ4v) is 3.98. The summed E-state index contributed by atoms with van der Waals surface area (Å²) in [6.45, 7) is 0. The Morgan fingerprint density at radius 1 is 1.26 bits per heavy atom. The maximum atomic E-state index is 5.84. The van der Waals surface area contributed by atoms with Gasteiger partial charge in [-0.2, -0.15) is 16.7 Å². The second-order valence-corrected chi connectivity index (χ2v) is 6.80. The molecule has 4 nitrogen and oxygen atoms in total. The van der Waals surface area contributed by atoms with Crippen molar-refractivity contribution in [3.63, 3.8) is 0 Å². The lowest BCUT2D eigenvalue weighted by Crippen LogP contribution is -2.14. The zero-order chi connectivity index (χ0) is 13.1. The molecule has 5 heteroatoms. The fourth-order valence-electron chi connectivity index (χ4n) is 2.81. The molecule has 2 atom stereocenters. The molecule has 1 aromatic heterocycles. The standard InChI is InChI=1S/C14H21N3OS/c15-11-7-6-10(8-11)14-16-13(17-18-14)9-19-12-4-2-1-3-5-12/h6-7,10-12H,1-5,8-9,15H2. The van der Waals surface area contributed by atoms with Gasteiger partial charge in [-0.1, -0.05) is 36.6 Å². The van der Waals surface area contributed by atoms with Gasteiger partial charge in [-0.15, -0.1) is 0 Å². The average molecular weight is 279 g/mol. The molecule has 1 saturated carbocycles. The summed E-state index contributed by atoms with van der Waals surface area (Å²) in [5, 5.41) is 4.88. The van der Waals surface area contributed by atoms with E-state index in [2.05, 4.69) is 16.2 Å². The summed E-state index contributed by atoms with van der Waals surface area (Å²) in [5.41, 5.74) is 5.84. The molecule has 2 N–H and O–H groups in total. The number of hydrogen-bond donors (Lipinski definition) is 1. The Bertz CT molecular complexity index is 440. The Balaban J connectivity index is 1.52. The van der Waals surface area contributed by atoms with Crippen molar-refractivity contribution in [3.8, 4) is 0 Å². The van der Waals surface area contributed by atoms with Crippen molar-refractivity contribution in [1.82, 2.24) is 10.1 Å². The Hall–Kier alpha value is -0.810. The second kappa shape index (κ2) is 6.09. The van der Waals surface area contributed by atoms with Crippen molar-refractivity contribution in [2.75, 3.05) is 0 Å². The van der Waals surface area contributed by atoms with E-state index in [0.717, 1.165) is 29.1 Å². The molecule has 0 bridgehead atoms. The van der Waals surface area contributed by atoms with Crippen molar-refractivity contribution in [2.45, 2.75) is 61.5 Å². The first-order valence-corrected chi connectivity index (χ1v) is 8.24. The van der Waals surface area contributed by atoms with Crippen LogP contribution in [-0.2, 0) is 5.75 Å². The Kier molecular flexibility index (Phi) is 4.23. The third kappa shape index (κ3) is 3.39. The summed E-state index contributed by atoms with van der Waals surface area (Å²) in [4.78, 5) is 4.51. The lowest BCUT2D eigenvalue weighted by atomic mass is 10.0. The number of rotatable bonds is 4. The Morgan fingerprint density at radius 3 is 2.84 bits per heavy atom. The van der Waals surface area contributed by atoms with Crippen molar-refractivity contribution in [3.05, 3.63) is 23.9 Å². The summed E-state index contributed by atoms with van der Waals surface area (Å²) in [6.07, 6.45) is 11.8. The lowest BCUT2D eigenvalue weighted by molar-refractivity contribution is 0.361. The molecule has 104 valence electrons. The fraction of sp³-hybridized carbons (Fsp3) is 0.714. The van der Waals surface area contributed by atoms with E-state index in [-0.39, 0.29) is 12.0 Å². The van der Waals surface area contributed by atoms with Gasteiger partial charge in [0.2, 0.25) is 5.89 Å². The first-order chi connectivity index (χ1) is 9.31. The highest BCUT2D eigenvalue weighted by molar-refractivity contribution is 7.99. The first-order valence-electron chi connectivity index (χ1n) is 7.19. The van der Waals surface area contributed by atoms with Gasteiger partial charge in [0.15, 0.2) is 5.82 Å². The summed E-state index contributed by atoms with van der Waals surface area (Å²) in [7, 11) is 0. The van der Waals surface area contributed by atoms with Gasteiger partial charge < -0.3 is 10.3 Å². The molecule has 0 amide bonds. The molecule has 0 spiro atoms. The van der Waals surface area contributed by atoms with Gasteiger partial charge in [0.05, 0.1) is 11.7 Å². The van der Waals surface area contributed by atoms with Crippen LogP contribution in [0.25, 0.3) is 0 Å². The molecule has 3 rings (SSSR count). The third-order valence-corrected chi connectivity index (χ3v) is 5.29. The van der Waals surface area contributed by atoms with Crippen molar-refractivity contribution >= 4 is 11.8 Å². The molecule has 0 radical (unpaired) electrons. The highest BCUT2D eigenvalue weighted by Crippen LogP contribution is 2.31. The molecular weight excluding hydrogens is 258 g/mol. The molecule has 1 fully saturated rings. The summed E-state index contributed by atoms with van der Waals surface area (Å²) >= 11 is 1.98. The zero-order valence-electron chi connectivity index (χ0n) is 11.1. The third-order valence-electron chi connectivity index (χ3n) is 3.92. The van der Waals surface area contributed by atoms with E-state index in [1.165, 1.54) is 32.1 Å². The Morgan fingerprint density at radius 2 is 2.11 bits per heavy atom. The molecule has 1 heterocycles. The highest BCUT2D eigenvalue weighted by Gasteiger charge is 2.23. The van der Waals surface area contributed by atoms with Crippen LogP contribution in [0, 0.1) is 0 Å². The molecule has 2 aliphatic rings. The van der Waals surface area contributed by atoms with E-state index < -0.39 is 0 Å². The molecule has 19 heavy (non-hydrogen) atoms. The largest absolute Gasteiger partial charge is 0.339 e. The SMILES string of the molecule is NC1C=CC(c2nc(CSC3CCCCC3)no2)C1. The monoisotopic (exact) mass is 279 g/mol. The topological polar surface area (TPSA) is 64.9 Å². The van der Waals surface area contributed by atoms with Crippen LogP contribution in [0.4, 0.5) is 0 Å². The number of allylic oxidation sites excluding steroid dienone is 1. The number of nitrogens with zero attached hydrogens (tertiary/aromatic N) is 2. The normalized spacial score (nSPS) is 28.1. The summed E-state index contributed by atoms with van der Waals surface area (Å²) in [6, 6.07) is 0.136. The van der Waals surface area contributed by atoms with Gasteiger partial charge in [-0.3, -0.25) is 0 Å². The van der Waals surface area contributed by atoms with Crippen molar-refractivity contribution < 1.29 is 4.52 Å². The van der Waals surface area contributed by atoms with Crippen molar-refractivity contribution in [2.24, 2.45) is 5.73 Å². The number of hydrogen-bond acceptors (Lipinski definition) is 5. The van der Waals surface area contributed by atoms with Crippen LogP contribution in [-0.4, -0.2) is 21.4 Å². The van der Waals surface area contributed by atoms with Crippen LogP contribution >= 0.6 is 11.8 Å². The zero-order valence-corrected chi connectivity index (χ0v) is 11.9. The van der Waals surface area contributed by atoms with Crippen molar-refractivity contribution in [1.29, 1.82) is 0 Å². The quantitative estimate of drug-likeness (QED) is 0.858. The van der Waals surface area contributed by atoms with E-state index in [1.54, 1.807) is 0 Å². The number of nitrogens with two attached hydrogens (primary N) is 1. The van der Waals surface area contributed by atoms with Crippen LogP contribution in [0.3, 0.4) is 0 Å². The highest BCUT2D eigenvalue weighted by atomic mass is 32.2. The van der Waals surface area contributed by atoms with Crippen LogP contribution in [0.15, 0.2) is 16.7 Å². The molecule has 2 unspecified atom stereocenters. The van der Waals surface area contributed by atoms with Gasteiger partial charge in [0, 0.05) is 11.3 Å². The van der Waals surface area contributed by atoms with E-state index >= 15 is 0 Å². The smallest absolute Gasteiger partial charge is 0.233 e. The van der Waals surface area contributed by atoms with Gasteiger partial charge in [-0.25, -0.2) is 0 Å². The number of aromatic nitrogens is 2. The maximum Gasteiger partial charge on any atom is 0.233 e. The summed E-state index contributed by atoms with van der Waals surface area (Å²) < 4.78 is 5.36. The van der Waals surface area contributed by atoms with Gasteiger partial charge in [-0.05, 0) is 19.3 Å². The minimum Gasteiger partial charge on any atom is -0.339 e. The first kappa shape index (κ1) is 13.2. The summed E-state index contributed by atoms with van der Waals surface area (Å²) in [5.74, 6) is 2.65. The van der Waals surface area contributed by atoms with Crippen LogP contribution in [0.2, 0.25) is 0 Å². The molecule has 1 aromatic rings. The average Bonchev–Trinajstić information content (AvgIpc) is 3.06. The maximum absolute atomic E-state index is 5.84.